The molecule has 0 saturated carbocycles. The van der Waals surface area contributed by atoms with Crippen molar-refractivity contribution in [2.75, 3.05) is 0 Å². The summed E-state index contributed by atoms with van der Waals surface area (Å²) in [6.07, 6.45) is 1.84. The largest absolute Gasteiger partial charge is 0.256 e. The summed E-state index contributed by atoms with van der Waals surface area (Å²) in [5.41, 5.74) is 3.67. The predicted octanol–water partition coefficient (Wildman–Crippen LogP) is 3.27. The second-order valence-corrected chi connectivity index (χ2v) is 3.16. The summed E-state index contributed by atoms with van der Waals surface area (Å²) in [5.74, 6) is 0. The molecule has 0 saturated heterocycles. The first kappa shape index (κ1) is 10.0. The standard InChI is InChI=1S/C11H11N.ClH/c1-8-6-9(2)11-10(7-8)4-3-5-12-11;/h3-7H,1-2H3;1H. The molecule has 0 aliphatic carbocycles. The first-order valence-electron chi connectivity index (χ1n) is 4.09. The Bertz CT molecular complexity index is 423. The lowest BCUT2D eigenvalue weighted by Gasteiger charge is -2.01. The fourth-order valence-corrected chi connectivity index (χ4v) is 1.56. The van der Waals surface area contributed by atoms with E-state index in [0.29, 0.717) is 0 Å². The molecular formula is C11H12ClN. The van der Waals surface area contributed by atoms with Crippen molar-refractivity contribution in [2.24, 2.45) is 0 Å². The van der Waals surface area contributed by atoms with Crippen LogP contribution in [-0.4, -0.2) is 4.98 Å². The lowest BCUT2D eigenvalue weighted by molar-refractivity contribution is 1.34. The molecule has 0 radical (unpaired) electrons. The Morgan fingerprint density at radius 3 is 2.69 bits per heavy atom. The lowest BCUT2D eigenvalue weighted by atomic mass is 10.1. The smallest absolute Gasteiger partial charge is 0.0731 e. The number of aryl methyl sites for hydroxylation is 2. The zero-order valence-electron chi connectivity index (χ0n) is 7.74. The van der Waals surface area contributed by atoms with Gasteiger partial charge in [-0.05, 0) is 31.5 Å². The average Bonchev–Trinajstić information content (AvgIpc) is 2.04. The highest BCUT2D eigenvalue weighted by Crippen LogP contribution is 2.17. The van der Waals surface area contributed by atoms with E-state index in [9.17, 15) is 0 Å². The fraction of sp³-hybridized carbons (Fsp3) is 0.182. The van der Waals surface area contributed by atoms with Crippen molar-refractivity contribution in [1.82, 2.24) is 4.98 Å². The molecule has 0 bridgehead atoms. The van der Waals surface area contributed by atoms with Crippen LogP contribution in [0.5, 0.6) is 0 Å². The van der Waals surface area contributed by atoms with Crippen molar-refractivity contribution in [3.8, 4) is 0 Å². The van der Waals surface area contributed by atoms with Crippen LogP contribution in [0.25, 0.3) is 10.9 Å². The second kappa shape index (κ2) is 3.75. The first-order valence-corrected chi connectivity index (χ1v) is 4.09. The molecule has 0 fully saturated rings. The van der Waals surface area contributed by atoms with Crippen molar-refractivity contribution >= 4 is 23.3 Å². The van der Waals surface area contributed by atoms with Gasteiger partial charge >= 0.3 is 0 Å². The summed E-state index contributed by atoms with van der Waals surface area (Å²) in [4.78, 5) is 4.32. The molecule has 2 aromatic rings. The van der Waals surface area contributed by atoms with E-state index in [-0.39, 0.29) is 12.4 Å². The van der Waals surface area contributed by atoms with Crippen LogP contribution >= 0.6 is 12.4 Å². The van der Waals surface area contributed by atoms with Gasteiger partial charge in [0.2, 0.25) is 0 Å². The van der Waals surface area contributed by atoms with Crippen LogP contribution in [0.15, 0.2) is 30.5 Å². The van der Waals surface area contributed by atoms with E-state index in [1.165, 1.54) is 16.5 Å². The van der Waals surface area contributed by atoms with Crippen LogP contribution in [-0.2, 0) is 0 Å². The molecule has 2 rings (SSSR count). The quantitative estimate of drug-likeness (QED) is 0.626. The van der Waals surface area contributed by atoms with E-state index in [1.807, 2.05) is 12.3 Å². The van der Waals surface area contributed by atoms with Crippen molar-refractivity contribution in [1.29, 1.82) is 0 Å². The molecule has 0 amide bonds. The third-order valence-corrected chi connectivity index (χ3v) is 2.04. The highest BCUT2D eigenvalue weighted by atomic mass is 35.5. The van der Waals surface area contributed by atoms with Crippen LogP contribution < -0.4 is 0 Å². The Kier molecular flexibility index (Phi) is 2.89. The molecule has 13 heavy (non-hydrogen) atoms. The number of nitrogens with zero attached hydrogens (tertiary/aromatic N) is 1. The van der Waals surface area contributed by atoms with Crippen LogP contribution in [0, 0.1) is 13.8 Å². The molecule has 0 aliphatic rings. The zero-order valence-corrected chi connectivity index (χ0v) is 8.56. The summed E-state index contributed by atoms with van der Waals surface area (Å²) < 4.78 is 0. The van der Waals surface area contributed by atoms with Crippen molar-refractivity contribution < 1.29 is 0 Å². The van der Waals surface area contributed by atoms with Gasteiger partial charge in [-0.3, -0.25) is 4.98 Å². The monoisotopic (exact) mass is 193 g/mol. The van der Waals surface area contributed by atoms with Crippen molar-refractivity contribution in [3.63, 3.8) is 0 Å². The topological polar surface area (TPSA) is 12.9 Å². The Morgan fingerprint density at radius 2 is 1.92 bits per heavy atom. The lowest BCUT2D eigenvalue weighted by Crippen LogP contribution is -1.83. The summed E-state index contributed by atoms with van der Waals surface area (Å²) in [7, 11) is 0. The van der Waals surface area contributed by atoms with E-state index >= 15 is 0 Å². The number of hydrogen-bond acceptors (Lipinski definition) is 1. The van der Waals surface area contributed by atoms with Gasteiger partial charge in [-0.15, -0.1) is 12.4 Å². The summed E-state index contributed by atoms with van der Waals surface area (Å²) in [6.45, 7) is 4.21. The maximum absolute atomic E-state index is 4.32. The van der Waals surface area contributed by atoms with Gasteiger partial charge in [-0.2, -0.15) is 0 Å². The number of aromatic nitrogens is 1. The van der Waals surface area contributed by atoms with Crippen LogP contribution in [0.3, 0.4) is 0 Å². The van der Waals surface area contributed by atoms with Crippen molar-refractivity contribution in [3.05, 3.63) is 41.6 Å². The third-order valence-electron chi connectivity index (χ3n) is 2.04. The minimum atomic E-state index is 0. The minimum absolute atomic E-state index is 0. The van der Waals surface area contributed by atoms with E-state index in [4.69, 9.17) is 0 Å². The Balaban J connectivity index is 0.000000845. The van der Waals surface area contributed by atoms with Gasteiger partial charge in [0, 0.05) is 11.6 Å². The summed E-state index contributed by atoms with van der Waals surface area (Å²) in [5, 5.41) is 1.23. The average molecular weight is 194 g/mol. The maximum atomic E-state index is 4.32. The number of fused-ring (bicyclic) bond motifs is 1. The molecule has 1 heterocycles. The molecule has 0 atom stereocenters. The summed E-state index contributed by atoms with van der Waals surface area (Å²) in [6, 6.07) is 8.40. The number of rotatable bonds is 0. The van der Waals surface area contributed by atoms with Gasteiger partial charge in [0.15, 0.2) is 0 Å². The normalized spacial score (nSPS) is 9.69. The van der Waals surface area contributed by atoms with Gasteiger partial charge in [-0.25, -0.2) is 0 Å². The molecule has 0 N–H and O–H groups in total. The molecule has 0 spiro atoms. The molecule has 1 aromatic carbocycles. The number of pyridine rings is 1. The molecule has 2 heteroatoms. The predicted molar refractivity (Wildman–Crippen MR) is 58.5 cm³/mol. The molecule has 1 nitrogen and oxygen atoms in total. The zero-order chi connectivity index (χ0) is 8.55. The Hall–Kier alpha value is -1.08. The van der Waals surface area contributed by atoms with Gasteiger partial charge in [0.25, 0.3) is 0 Å². The molecular weight excluding hydrogens is 182 g/mol. The molecule has 1 aromatic heterocycles. The van der Waals surface area contributed by atoms with E-state index in [2.05, 4.69) is 37.0 Å². The Morgan fingerprint density at radius 1 is 1.15 bits per heavy atom. The van der Waals surface area contributed by atoms with Gasteiger partial charge < -0.3 is 0 Å². The van der Waals surface area contributed by atoms with Crippen molar-refractivity contribution in [2.45, 2.75) is 13.8 Å². The summed E-state index contributed by atoms with van der Waals surface area (Å²) >= 11 is 0. The van der Waals surface area contributed by atoms with Gasteiger partial charge in [0.1, 0.15) is 0 Å². The third kappa shape index (κ3) is 1.81. The second-order valence-electron chi connectivity index (χ2n) is 3.16. The van der Waals surface area contributed by atoms with Gasteiger partial charge in [0.05, 0.1) is 5.52 Å². The highest BCUT2D eigenvalue weighted by molar-refractivity contribution is 5.85. The van der Waals surface area contributed by atoms with E-state index in [1.54, 1.807) is 0 Å². The first-order chi connectivity index (χ1) is 5.77. The van der Waals surface area contributed by atoms with E-state index in [0.717, 1.165) is 5.52 Å². The van der Waals surface area contributed by atoms with E-state index < -0.39 is 0 Å². The van der Waals surface area contributed by atoms with Crippen LogP contribution in [0.2, 0.25) is 0 Å². The molecule has 68 valence electrons. The number of benzene rings is 1. The number of halogens is 1. The minimum Gasteiger partial charge on any atom is -0.256 e. The molecule has 0 unspecified atom stereocenters. The number of hydrogen-bond donors (Lipinski definition) is 0. The highest BCUT2D eigenvalue weighted by Gasteiger charge is 1.97. The van der Waals surface area contributed by atoms with Crippen LogP contribution in [0.4, 0.5) is 0 Å². The van der Waals surface area contributed by atoms with Crippen LogP contribution in [0.1, 0.15) is 11.1 Å². The molecule has 0 aliphatic heterocycles. The fourth-order valence-electron chi connectivity index (χ4n) is 1.56. The SMILES string of the molecule is Cc1cc(C)c2ncccc2c1.Cl. The van der Waals surface area contributed by atoms with Gasteiger partial charge in [-0.1, -0.05) is 17.7 Å². The maximum Gasteiger partial charge on any atom is 0.0731 e. The Labute approximate surface area is 84.2 Å².